The Labute approximate surface area is 106 Å². The molecule has 0 bridgehead atoms. The summed E-state index contributed by atoms with van der Waals surface area (Å²) >= 11 is 0. The zero-order valence-electron chi connectivity index (χ0n) is 11.2. The second-order valence-electron chi connectivity index (χ2n) is 4.51. The first-order valence-electron chi connectivity index (χ1n) is 6.03. The zero-order chi connectivity index (χ0) is 13.9. The van der Waals surface area contributed by atoms with Crippen molar-refractivity contribution >= 4 is 11.5 Å². The maximum Gasteiger partial charge on any atom is 0.333 e. The number of anilines is 1. The summed E-state index contributed by atoms with van der Waals surface area (Å²) in [5.41, 5.74) is 0.361. The highest BCUT2D eigenvalue weighted by Gasteiger charge is 2.27. The van der Waals surface area contributed by atoms with Crippen LogP contribution >= 0.6 is 0 Å². The van der Waals surface area contributed by atoms with Gasteiger partial charge in [0.2, 0.25) is 5.82 Å². The van der Waals surface area contributed by atoms with E-state index in [4.69, 9.17) is 0 Å². The highest BCUT2D eigenvalue weighted by atomic mass is 16.6. The van der Waals surface area contributed by atoms with Crippen LogP contribution in [0.15, 0.2) is 0 Å². The van der Waals surface area contributed by atoms with Crippen molar-refractivity contribution in [2.45, 2.75) is 46.2 Å². The van der Waals surface area contributed by atoms with Gasteiger partial charge in [0, 0.05) is 6.04 Å². The molecular weight excluding hydrogens is 236 g/mol. The van der Waals surface area contributed by atoms with E-state index in [-0.39, 0.29) is 24.4 Å². The van der Waals surface area contributed by atoms with E-state index in [1.54, 1.807) is 11.6 Å². The van der Waals surface area contributed by atoms with Crippen molar-refractivity contribution in [1.29, 1.82) is 0 Å². The molecule has 102 valence electrons. The number of aliphatic hydroxyl groups excluding tert-OH is 1. The summed E-state index contributed by atoms with van der Waals surface area (Å²) in [5, 5.41) is 27.5. The minimum atomic E-state index is -0.437. The fourth-order valence-corrected chi connectivity index (χ4v) is 1.74. The lowest BCUT2D eigenvalue weighted by molar-refractivity contribution is -0.384. The number of nitrogens with zero attached hydrogens (tertiary/aromatic N) is 3. The fraction of sp³-hybridized carbons (Fsp3) is 0.727. The van der Waals surface area contributed by atoms with Crippen LogP contribution in [-0.4, -0.2) is 32.5 Å². The van der Waals surface area contributed by atoms with Crippen LogP contribution in [0.1, 0.15) is 38.9 Å². The predicted octanol–water partition coefficient (Wildman–Crippen LogP) is 1.86. The molecule has 7 heteroatoms. The lowest BCUT2D eigenvalue weighted by Gasteiger charge is -2.17. The molecule has 2 N–H and O–H groups in total. The molecule has 0 saturated heterocycles. The van der Waals surface area contributed by atoms with Crippen molar-refractivity contribution in [2.24, 2.45) is 0 Å². The van der Waals surface area contributed by atoms with E-state index in [1.807, 2.05) is 20.8 Å². The van der Waals surface area contributed by atoms with Crippen LogP contribution in [0.2, 0.25) is 0 Å². The van der Waals surface area contributed by atoms with Crippen LogP contribution in [0.25, 0.3) is 0 Å². The Morgan fingerprint density at radius 2 is 2.17 bits per heavy atom. The lowest BCUT2D eigenvalue weighted by atomic mass is 10.2. The molecule has 0 aliphatic carbocycles. The summed E-state index contributed by atoms with van der Waals surface area (Å²) in [4.78, 5) is 10.6. The van der Waals surface area contributed by atoms with Crippen LogP contribution in [-0.2, 0) is 0 Å². The van der Waals surface area contributed by atoms with Gasteiger partial charge in [0.25, 0.3) is 0 Å². The Balaban J connectivity index is 3.23. The third-order valence-electron chi connectivity index (χ3n) is 2.78. The lowest BCUT2D eigenvalue weighted by Crippen LogP contribution is -2.25. The number of nitro groups is 1. The van der Waals surface area contributed by atoms with Gasteiger partial charge in [0.05, 0.1) is 17.6 Å². The van der Waals surface area contributed by atoms with Crippen molar-refractivity contribution in [3.63, 3.8) is 0 Å². The van der Waals surface area contributed by atoms with Crippen LogP contribution in [0.3, 0.4) is 0 Å². The molecule has 1 aromatic heterocycles. The maximum absolute atomic E-state index is 11.1. The first-order chi connectivity index (χ1) is 8.42. The Kier molecular flexibility index (Phi) is 4.66. The highest BCUT2D eigenvalue weighted by molar-refractivity contribution is 5.60. The van der Waals surface area contributed by atoms with Gasteiger partial charge in [0.1, 0.15) is 5.69 Å². The van der Waals surface area contributed by atoms with Crippen LogP contribution in [0.4, 0.5) is 11.5 Å². The molecule has 1 rings (SSSR count). The highest BCUT2D eigenvalue weighted by Crippen LogP contribution is 2.31. The molecular formula is C11H20N4O3. The van der Waals surface area contributed by atoms with E-state index >= 15 is 0 Å². The van der Waals surface area contributed by atoms with E-state index in [9.17, 15) is 15.2 Å². The Morgan fingerprint density at radius 1 is 1.56 bits per heavy atom. The van der Waals surface area contributed by atoms with Crippen LogP contribution < -0.4 is 5.32 Å². The number of aliphatic hydroxyl groups is 1. The number of aromatic nitrogens is 2. The van der Waals surface area contributed by atoms with Crippen molar-refractivity contribution in [2.75, 3.05) is 11.9 Å². The molecule has 0 fully saturated rings. The smallest absolute Gasteiger partial charge is 0.333 e. The molecule has 0 amide bonds. The number of aryl methyl sites for hydroxylation is 1. The van der Waals surface area contributed by atoms with E-state index in [0.717, 1.165) is 0 Å². The summed E-state index contributed by atoms with van der Waals surface area (Å²) in [6, 6.07) is -0.201. The van der Waals surface area contributed by atoms with Gasteiger partial charge in [-0.3, -0.25) is 10.1 Å². The van der Waals surface area contributed by atoms with E-state index < -0.39 is 4.92 Å². The molecule has 0 saturated carbocycles. The average molecular weight is 256 g/mol. The molecule has 18 heavy (non-hydrogen) atoms. The van der Waals surface area contributed by atoms with Crippen molar-refractivity contribution in [1.82, 2.24) is 9.78 Å². The average Bonchev–Trinajstić information content (AvgIpc) is 2.63. The summed E-state index contributed by atoms with van der Waals surface area (Å²) in [6.45, 7) is 7.25. The van der Waals surface area contributed by atoms with Crippen molar-refractivity contribution in [3.05, 3.63) is 15.8 Å². The monoisotopic (exact) mass is 256 g/mol. The molecule has 0 spiro atoms. The van der Waals surface area contributed by atoms with Crippen LogP contribution in [0.5, 0.6) is 0 Å². The standard InChI is InChI=1S/C11H20N4O3/c1-5-9(6-16)12-11-10(15(17)18)8(4)13-14(11)7(2)3/h7,9,12,16H,5-6H2,1-4H3. The SMILES string of the molecule is CCC(CO)Nc1c([N+](=O)[O-])c(C)nn1C(C)C. The molecule has 0 aliphatic heterocycles. The van der Waals surface area contributed by atoms with Gasteiger partial charge in [-0.1, -0.05) is 6.92 Å². The first kappa shape index (κ1) is 14.4. The van der Waals surface area contributed by atoms with Gasteiger partial charge in [-0.2, -0.15) is 5.10 Å². The molecule has 1 atom stereocenters. The largest absolute Gasteiger partial charge is 0.394 e. The number of nitrogens with one attached hydrogen (secondary N) is 1. The Hall–Kier alpha value is -1.63. The minimum absolute atomic E-state index is 0.0103. The predicted molar refractivity (Wildman–Crippen MR) is 68.8 cm³/mol. The molecule has 0 aliphatic rings. The van der Waals surface area contributed by atoms with Gasteiger partial charge in [-0.25, -0.2) is 4.68 Å². The molecule has 7 nitrogen and oxygen atoms in total. The van der Waals surface area contributed by atoms with E-state index in [0.29, 0.717) is 17.9 Å². The zero-order valence-corrected chi connectivity index (χ0v) is 11.2. The van der Waals surface area contributed by atoms with Crippen LogP contribution in [0, 0.1) is 17.0 Å². The maximum atomic E-state index is 11.1. The van der Waals surface area contributed by atoms with E-state index in [2.05, 4.69) is 10.4 Å². The van der Waals surface area contributed by atoms with Gasteiger partial charge >= 0.3 is 5.69 Å². The quantitative estimate of drug-likeness (QED) is 0.598. The third-order valence-corrected chi connectivity index (χ3v) is 2.78. The molecule has 0 aromatic carbocycles. The minimum Gasteiger partial charge on any atom is -0.394 e. The van der Waals surface area contributed by atoms with Crippen molar-refractivity contribution in [3.8, 4) is 0 Å². The summed E-state index contributed by atoms with van der Waals surface area (Å²) in [6.07, 6.45) is 0.677. The molecule has 0 radical (unpaired) electrons. The van der Waals surface area contributed by atoms with Crippen molar-refractivity contribution < 1.29 is 10.0 Å². The summed E-state index contributed by atoms with van der Waals surface area (Å²) < 4.78 is 1.59. The Morgan fingerprint density at radius 3 is 2.56 bits per heavy atom. The second kappa shape index (κ2) is 5.81. The summed E-state index contributed by atoms with van der Waals surface area (Å²) in [7, 11) is 0. The van der Waals surface area contributed by atoms with Gasteiger partial charge in [0.15, 0.2) is 0 Å². The molecule has 1 unspecified atom stereocenters. The molecule has 1 heterocycles. The van der Waals surface area contributed by atoms with Gasteiger partial charge in [-0.15, -0.1) is 0 Å². The number of hydrogen-bond donors (Lipinski definition) is 2. The number of hydrogen-bond acceptors (Lipinski definition) is 5. The second-order valence-corrected chi connectivity index (χ2v) is 4.51. The topological polar surface area (TPSA) is 93.2 Å². The Bertz CT molecular complexity index is 424. The normalized spacial score (nSPS) is 12.8. The van der Waals surface area contributed by atoms with E-state index in [1.165, 1.54) is 0 Å². The first-order valence-corrected chi connectivity index (χ1v) is 6.03. The number of rotatable bonds is 6. The summed E-state index contributed by atoms with van der Waals surface area (Å²) in [5.74, 6) is 0.369. The molecule has 1 aromatic rings. The van der Waals surface area contributed by atoms with Gasteiger partial charge in [-0.05, 0) is 27.2 Å². The fourth-order valence-electron chi connectivity index (χ4n) is 1.74. The van der Waals surface area contributed by atoms with Gasteiger partial charge < -0.3 is 10.4 Å². The third kappa shape index (κ3) is 2.79.